The second kappa shape index (κ2) is 8.67. The number of carbonyl (C=O) groups is 1. The van der Waals surface area contributed by atoms with Gasteiger partial charge in [0, 0.05) is 45.1 Å². The van der Waals surface area contributed by atoms with Crippen molar-refractivity contribution in [2.75, 3.05) is 32.1 Å². The predicted octanol–water partition coefficient (Wildman–Crippen LogP) is 0.303. The van der Waals surface area contributed by atoms with Crippen molar-refractivity contribution in [2.45, 2.75) is 39.4 Å². The number of sulfonamides is 1. The lowest BCUT2D eigenvalue weighted by Crippen LogP contribution is -2.29. The molecule has 7 nitrogen and oxygen atoms in total. The first-order valence-electron chi connectivity index (χ1n) is 7.37. The van der Waals surface area contributed by atoms with Gasteiger partial charge in [-0.2, -0.15) is 0 Å². The first kappa shape index (κ1) is 18.3. The van der Waals surface area contributed by atoms with Crippen LogP contribution in [0.25, 0.3) is 0 Å². The molecule has 2 N–H and O–H groups in total. The first-order chi connectivity index (χ1) is 9.85. The van der Waals surface area contributed by atoms with Crippen molar-refractivity contribution >= 4 is 15.9 Å². The smallest absolute Gasteiger partial charge is 0.222 e. The number of nitrogens with two attached hydrogens (primary N) is 1. The molecule has 0 aliphatic carbocycles. The first-order valence-corrected chi connectivity index (χ1v) is 9.08. The van der Waals surface area contributed by atoms with E-state index in [1.807, 2.05) is 13.8 Å². The summed E-state index contributed by atoms with van der Waals surface area (Å²) in [5, 5.41) is 5.02. The second-order valence-electron chi connectivity index (χ2n) is 5.22. The van der Waals surface area contributed by atoms with Crippen molar-refractivity contribution in [1.29, 1.82) is 0 Å². The van der Waals surface area contributed by atoms with E-state index in [-0.39, 0.29) is 30.3 Å². The molecule has 0 aromatic rings. The average Bonchev–Trinajstić information content (AvgIpc) is 2.67. The third kappa shape index (κ3) is 7.21. The van der Waals surface area contributed by atoms with Gasteiger partial charge in [0.05, 0.1) is 5.75 Å². The van der Waals surface area contributed by atoms with E-state index in [0.717, 1.165) is 6.42 Å². The SMILES string of the molecule is CCOC(CCCN1CC(CS(N)(=O)=O)CC1=O)OCC. The highest BCUT2D eigenvalue weighted by molar-refractivity contribution is 7.89. The minimum atomic E-state index is -3.52. The number of likely N-dealkylation sites (tertiary alicyclic amines) is 1. The minimum Gasteiger partial charge on any atom is -0.353 e. The van der Waals surface area contributed by atoms with Crippen molar-refractivity contribution in [1.82, 2.24) is 4.90 Å². The summed E-state index contributed by atoms with van der Waals surface area (Å²) in [6.45, 7) is 6.05. The van der Waals surface area contributed by atoms with Crippen LogP contribution in [-0.2, 0) is 24.3 Å². The summed E-state index contributed by atoms with van der Waals surface area (Å²) in [4.78, 5) is 13.5. The summed E-state index contributed by atoms with van der Waals surface area (Å²) >= 11 is 0. The van der Waals surface area contributed by atoms with Crippen LogP contribution < -0.4 is 5.14 Å². The molecule has 0 radical (unpaired) electrons. The zero-order chi connectivity index (χ0) is 15.9. The summed E-state index contributed by atoms with van der Waals surface area (Å²) in [5.74, 6) is -0.328. The van der Waals surface area contributed by atoms with Gasteiger partial charge in [-0.25, -0.2) is 13.6 Å². The number of ether oxygens (including phenoxy) is 2. The number of nitrogens with zero attached hydrogens (tertiary/aromatic N) is 1. The molecule has 124 valence electrons. The van der Waals surface area contributed by atoms with Gasteiger partial charge >= 0.3 is 0 Å². The highest BCUT2D eigenvalue weighted by Crippen LogP contribution is 2.19. The molecular formula is C13H26N2O5S. The molecule has 1 aliphatic heterocycles. The number of primary sulfonamides is 1. The van der Waals surface area contributed by atoms with E-state index < -0.39 is 10.0 Å². The molecule has 0 bridgehead atoms. The van der Waals surface area contributed by atoms with Crippen molar-refractivity contribution in [3.05, 3.63) is 0 Å². The summed E-state index contributed by atoms with van der Waals surface area (Å²) in [7, 11) is -3.52. The highest BCUT2D eigenvalue weighted by atomic mass is 32.2. The topological polar surface area (TPSA) is 98.9 Å². The van der Waals surface area contributed by atoms with Crippen molar-refractivity contribution in [2.24, 2.45) is 11.1 Å². The van der Waals surface area contributed by atoms with Crippen LogP contribution in [0.2, 0.25) is 0 Å². The molecule has 0 saturated carbocycles. The minimum absolute atomic E-state index is 0.00646. The molecule has 1 unspecified atom stereocenters. The van der Waals surface area contributed by atoms with Crippen LogP contribution in [0.4, 0.5) is 0 Å². The Morgan fingerprint density at radius 3 is 2.48 bits per heavy atom. The molecule has 8 heteroatoms. The van der Waals surface area contributed by atoms with E-state index in [2.05, 4.69) is 0 Å². The van der Waals surface area contributed by atoms with Crippen LogP contribution in [0.3, 0.4) is 0 Å². The van der Waals surface area contributed by atoms with Gasteiger partial charge in [0.2, 0.25) is 15.9 Å². The van der Waals surface area contributed by atoms with Crippen LogP contribution in [0.1, 0.15) is 33.1 Å². The van der Waals surface area contributed by atoms with Gasteiger partial charge in [-0.05, 0) is 20.3 Å². The molecule has 1 aliphatic rings. The lowest BCUT2D eigenvalue weighted by molar-refractivity contribution is -0.141. The Kier molecular flexibility index (Phi) is 7.58. The molecular weight excluding hydrogens is 296 g/mol. The van der Waals surface area contributed by atoms with Gasteiger partial charge in [0.15, 0.2) is 6.29 Å². The van der Waals surface area contributed by atoms with Gasteiger partial charge in [-0.3, -0.25) is 4.79 Å². The quantitative estimate of drug-likeness (QED) is 0.583. The van der Waals surface area contributed by atoms with Crippen LogP contribution in [-0.4, -0.2) is 57.6 Å². The van der Waals surface area contributed by atoms with Gasteiger partial charge in [-0.1, -0.05) is 0 Å². The van der Waals surface area contributed by atoms with E-state index >= 15 is 0 Å². The standard InChI is InChI=1S/C13H26N2O5S/c1-3-19-13(20-4-2)6-5-7-15-9-11(8-12(15)16)10-21(14,17)18/h11,13H,3-10H2,1-2H3,(H2,14,17,18). The number of hydrogen-bond donors (Lipinski definition) is 1. The molecule has 1 saturated heterocycles. The van der Waals surface area contributed by atoms with E-state index in [0.29, 0.717) is 32.7 Å². The monoisotopic (exact) mass is 322 g/mol. The number of amides is 1. The second-order valence-corrected chi connectivity index (χ2v) is 6.88. The Morgan fingerprint density at radius 1 is 1.33 bits per heavy atom. The van der Waals surface area contributed by atoms with Crippen LogP contribution in [0.15, 0.2) is 0 Å². The summed E-state index contributed by atoms with van der Waals surface area (Å²) in [6, 6.07) is 0. The molecule has 1 atom stereocenters. The fraction of sp³-hybridized carbons (Fsp3) is 0.923. The van der Waals surface area contributed by atoms with Gasteiger partial charge < -0.3 is 14.4 Å². The van der Waals surface area contributed by atoms with Gasteiger partial charge in [0.25, 0.3) is 0 Å². The fourth-order valence-corrected chi connectivity index (χ4v) is 3.43. The van der Waals surface area contributed by atoms with Gasteiger partial charge in [-0.15, -0.1) is 0 Å². The van der Waals surface area contributed by atoms with Gasteiger partial charge in [0.1, 0.15) is 0 Å². The zero-order valence-electron chi connectivity index (χ0n) is 12.8. The lowest BCUT2D eigenvalue weighted by Gasteiger charge is -2.20. The normalized spacial score (nSPS) is 19.7. The summed E-state index contributed by atoms with van der Waals surface area (Å²) < 4.78 is 33.0. The maximum absolute atomic E-state index is 11.8. The molecule has 0 aromatic heterocycles. The molecule has 21 heavy (non-hydrogen) atoms. The van der Waals surface area contributed by atoms with Crippen LogP contribution in [0.5, 0.6) is 0 Å². The van der Waals surface area contributed by atoms with Crippen molar-refractivity contribution < 1.29 is 22.7 Å². The predicted molar refractivity (Wildman–Crippen MR) is 78.9 cm³/mol. The Labute approximate surface area is 126 Å². The third-order valence-electron chi connectivity index (χ3n) is 3.34. The van der Waals surface area contributed by atoms with E-state index in [1.165, 1.54) is 0 Å². The zero-order valence-corrected chi connectivity index (χ0v) is 13.6. The Bertz CT molecular complexity index is 420. The molecule has 0 spiro atoms. The lowest BCUT2D eigenvalue weighted by atomic mass is 10.1. The highest BCUT2D eigenvalue weighted by Gasteiger charge is 2.31. The molecule has 1 rings (SSSR count). The largest absolute Gasteiger partial charge is 0.353 e. The third-order valence-corrected chi connectivity index (χ3v) is 4.27. The molecule has 0 aromatic carbocycles. The molecule has 1 amide bonds. The number of rotatable bonds is 10. The van der Waals surface area contributed by atoms with Crippen LogP contribution >= 0.6 is 0 Å². The fourth-order valence-electron chi connectivity index (χ4n) is 2.55. The van der Waals surface area contributed by atoms with E-state index in [4.69, 9.17) is 14.6 Å². The molecule has 1 fully saturated rings. The Hall–Kier alpha value is -0.700. The summed E-state index contributed by atoms with van der Waals surface area (Å²) in [6.07, 6.45) is 1.50. The number of carbonyl (C=O) groups excluding carboxylic acids is 1. The van der Waals surface area contributed by atoms with Crippen LogP contribution in [0, 0.1) is 5.92 Å². The van der Waals surface area contributed by atoms with Crippen molar-refractivity contribution in [3.63, 3.8) is 0 Å². The van der Waals surface area contributed by atoms with E-state index in [9.17, 15) is 13.2 Å². The Balaban J connectivity index is 2.33. The number of hydrogen-bond acceptors (Lipinski definition) is 5. The molecule has 1 heterocycles. The summed E-state index contributed by atoms with van der Waals surface area (Å²) in [5.41, 5.74) is 0. The maximum Gasteiger partial charge on any atom is 0.222 e. The Morgan fingerprint density at radius 2 is 1.95 bits per heavy atom. The van der Waals surface area contributed by atoms with E-state index in [1.54, 1.807) is 4.90 Å². The average molecular weight is 322 g/mol. The maximum atomic E-state index is 11.8. The van der Waals surface area contributed by atoms with Crippen molar-refractivity contribution in [3.8, 4) is 0 Å².